The van der Waals surface area contributed by atoms with Crippen molar-refractivity contribution < 1.29 is 0 Å². The maximum atomic E-state index is 5.66. The van der Waals surface area contributed by atoms with Crippen LogP contribution in [0.15, 0.2) is 30.5 Å². The van der Waals surface area contributed by atoms with E-state index in [2.05, 4.69) is 66.5 Å². The molecule has 0 saturated carbocycles. The van der Waals surface area contributed by atoms with E-state index in [1.54, 1.807) is 0 Å². The predicted molar refractivity (Wildman–Crippen MR) is 102 cm³/mol. The van der Waals surface area contributed by atoms with E-state index < -0.39 is 0 Å². The van der Waals surface area contributed by atoms with Gasteiger partial charge in [-0.25, -0.2) is 0 Å². The van der Waals surface area contributed by atoms with Gasteiger partial charge in [0.2, 0.25) is 0 Å². The van der Waals surface area contributed by atoms with Gasteiger partial charge in [-0.15, -0.1) is 0 Å². The van der Waals surface area contributed by atoms with Crippen molar-refractivity contribution in [1.82, 2.24) is 19.8 Å². The van der Waals surface area contributed by atoms with Crippen LogP contribution in [0.5, 0.6) is 0 Å². The summed E-state index contributed by atoms with van der Waals surface area (Å²) in [5.74, 6) is 0. The molecule has 4 nitrogen and oxygen atoms in total. The van der Waals surface area contributed by atoms with Gasteiger partial charge in [0.25, 0.3) is 0 Å². The molecule has 1 aliphatic heterocycles. The second-order valence-electron chi connectivity index (χ2n) is 6.70. The Bertz CT molecular complexity index is 735. The Hall–Kier alpha value is -1.88. The van der Waals surface area contributed by atoms with Crippen LogP contribution < -0.4 is 5.32 Å². The van der Waals surface area contributed by atoms with Gasteiger partial charge in [-0.2, -0.15) is 0 Å². The molecule has 0 radical (unpaired) electrons. The number of hydrogen-bond acceptors (Lipinski definition) is 2. The fourth-order valence-corrected chi connectivity index (χ4v) is 4.32. The van der Waals surface area contributed by atoms with Gasteiger partial charge in [-0.1, -0.05) is 6.07 Å². The van der Waals surface area contributed by atoms with Gasteiger partial charge >= 0.3 is 0 Å². The van der Waals surface area contributed by atoms with E-state index >= 15 is 0 Å². The summed E-state index contributed by atoms with van der Waals surface area (Å²) in [5.41, 5.74) is 4.99. The lowest BCUT2D eigenvalue weighted by atomic mass is 9.96. The Morgan fingerprint density at radius 3 is 2.58 bits per heavy atom. The lowest BCUT2D eigenvalue weighted by Gasteiger charge is -2.31. The molecule has 128 valence electrons. The van der Waals surface area contributed by atoms with Crippen molar-refractivity contribution in [2.45, 2.75) is 59.3 Å². The summed E-state index contributed by atoms with van der Waals surface area (Å²) in [4.78, 5) is 6.90. The molecule has 0 amide bonds. The van der Waals surface area contributed by atoms with E-state index in [-0.39, 0.29) is 12.1 Å². The van der Waals surface area contributed by atoms with Crippen molar-refractivity contribution in [1.29, 1.82) is 0 Å². The minimum absolute atomic E-state index is 0.0758. The molecule has 24 heavy (non-hydrogen) atoms. The van der Waals surface area contributed by atoms with Gasteiger partial charge in [0.15, 0.2) is 5.11 Å². The zero-order chi connectivity index (χ0) is 17.4. The normalized spacial score (nSPS) is 20.8. The van der Waals surface area contributed by atoms with E-state index in [0.717, 1.165) is 17.4 Å². The molecule has 0 unspecified atom stereocenters. The van der Waals surface area contributed by atoms with Crippen molar-refractivity contribution in [2.75, 3.05) is 0 Å². The standard InChI is InChI=1S/C19H26N4S/c1-6-22-13(4)11-15(14(22)5)18-17(16-9-7-8-10-20-16)21-19(24)23(18)12(2)3/h7-12,17-18H,6H2,1-5H3,(H,21,24)/t17-,18+/m0/s1. The SMILES string of the molecule is CCn1c(C)cc([C@@H]2[C@H](c3ccccn3)NC(=S)N2C(C)C)c1C. The Morgan fingerprint density at radius 1 is 1.29 bits per heavy atom. The smallest absolute Gasteiger partial charge is 0.170 e. The van der Waals surface area contributed by atoms with Crippen molar-refractivity contribution in [3.8, 4) is 0 Å². The van der Waals surface area contributed by atoms with E-state index in [4.69, 9.17) is 12.2 Å². The second-order valence-corrected chi connectivity index (χ2v) is 7.09. The molecule has 0 aromatic carbocycles. The molecule has 0 aliphatic carbocycles. The van der Waals surface area contributed by atoms with Gasteiger partial charge < -0.3 is 14.8 Å². The van der Waals surface area contributed by atoms with Gasteiger partial charge in [-0.05, 0) is 70.6 Å². The molecular formula is C19H26N4S. The molecule has 0 bridgehead atoms. The molecule has 1 aliphatic rings. The number of aryl methyl sites for hydroxylation is 1. The first-order chi connectivity index (χ1) is 11.5. The van der Waals surface area contributed by atoms with Crippen LogP contribution in [-0.4, -0.2) is 25.6 Å². The van der Waals surface area contributed by atoms with Crippen LogP contribution in [0.1, 0.15) is 55.5 Å². The third-order valence-electron chi connectivity index (χ3n) is 4.94. The highest BCUT2D eigenvalue weighted by Crippen LogP contribution is 2.41. The summed E-state index contributed by atoms with van der Waals surface area (Å²) in [5, 5.41) is 4.32. The van der Waals surface area contributed by atoms with Crippen molar-refractivity contribution >= 4 is 17.3 Å². The van der Waals surface area contributed by atoms with Gasteiger partial charge in [-0.3, -0.25) is 4.98 Å². The van der Waals surface area contributed by atoms with Crippen LogP contribution in [-0.2, 0) is 6.54 Å². The van der Waals surface area contributed by atoms with Gasteiger partial charge in [0, 0.05) is 30.2 Å². The molecular weight excluding hydrogens is 316 g/mol. The van der Waals surface area contributed by atoms with Gasteiger partial charge in [0.05, 0.1) is 17.8 Å². The lowest BCUT2D eigenvalue weighted by Crippen LogP contribution is -2.35. The maximum Gasteiger partial charge on any atom is 0.170 e. The number of pyridine rings is 1. The summed E-state index contributed by atoms with van der Waals surface area (Å²) in [6.45, 7) is 12.0. The average molecular weight is 343 g/mol. The summed E-state index contributed by atoms with van der Waals surface area (Å²) in [6.07, 6.45) is 1.85. The fraction of sp³-hybridized carbons (Fsp3) is 0.474. The number of nitrogens with zero attached hydrogens (tertiary/aromatic N) is 3. The van der Waals surface area contributed by atoms with E-state index in [1.165, 1.54) is 17.0 Å². The largest absolute Gasteiger partial charge is 0.352 e. The van der Waals surface area contributed by atoms with Crippen molar-refractivity contribution in [3.63, 3.8) is 0 Å². The fourth-order valence-electron chi connectivity index (χ4n) is 3.87. The van der Waals surface area contributed by atoms with Crippen molar-refractivity contribution in [2.24, 2.45) is 0 Å². The number of thiocarbonyl (C=S) groups is 1. The van der Waals surface area contributed by atoms with Crippen LogP contribution in [0.2, 0.25) is 0 Å². The molecule has 2 aromatic rings. The Balaban J connectivity index is 2.13. The first kappa shape index (κ1) is 17.0. The minimum Gasteiger partial charge on any atom is -0.352 e. The van der Waals surface area contributed by atoms with Crippen LogP contribution >= 0.6 is 12.2 Å². The zero-order valence-corrected chi connectivity index (χ0v) is 15.9. The first-order valence-electron chi connectivity index (χ1n) is 8.62. The number of nitrogens with one attached hydrogen (secondary N) is 1. The summed E-state index contributed by atoms with van der Waals surface area (Å²) >= 11 is 5.66. The minimum atomic E-state index is 0.0758. The quantitative estimate of drug-likeness (QED) is 0.854. The summed E-state index contributed by atoms with van der Waals surface area (Å²) < 4.78 is 2.37. The molecule has 2 atom stereocenters. The molecule has 1 fully saturated rings. The number of rotatable bonds is 4. The third-order valence-corrected chi connectivity index (χ3v) is 5.27. The highest BCUT2D eigenvalue weighted by molar-refractivity contribution is 7.80. The third kappa shape index (κ3) is 2.71. The van der Waals surface area contributed by atoms with E-state index in [0.29, 0.717) is 6.04 Å². The Labute approximate surface area is 149 Å². The highest BCUT2D eigenvalue weighted by Gasteiger charge is 2.42. The highest BCUT2D eigenvalue weighted by atomic mass is 32.1. The zero-order valence-electron chi connectivity index (χ0n) is 15.1. The molecule has 3 rings (SSSR count). The molecule has 0 spiro atoms. The van der Waals surface area contributed by atoms with Crippen LogP contribution in [0.4, 0.5) is 0 Å². The van der Waals surface area contributed by atoms with Crippen LogP contribution in [0, 0.1) is 13.8 Å². The second kappa shape index (κ2) is 6.55. The van der Waals surface area contributed by atoms with Crippen LogP contribution in [0.3, 0.4) is 0 Å². The number of hydrogen-bond donors (Lipinski definition) is 1. The predicted octanol–water partition coefficient (Wildman–Crippen LogP) is 3.90. The summed E-state index contributed by atoms with van der Waals surface area (Å²) in [7, 11) is 0. The molecule has 2 aromatic heterocycles. The van der Waals surface area contributed by atoms with Crippen molar-refractivity contribution in [3.05, 3.63) is 53.1 Å². The molecule has 1 N–H and O–H groups in total. The first-order valence-corrected chi connectivity index (χ1v) is 9.02. The summed E-state index contributed by atoms with van der Waals surface area (Å²) in [6, 6.07) is 8.95. The van der Waals surface area contributed by atoms with Crippen LogP contribution in [0.25, 0.3) is 0 Å². The topological polar surface area (TPSA) is 33.1 Å². The number of aromatic nitrogens is 2. The Kier molecular flexibility index (Phi) is 4.63. The Morgan fingerprint density at radius 2 is 2.04 bits per heavy atom. The molecule has 1 saturated heterocycles. The average Bonchev–Trinajstić information content (AvgIpc) is 3.04. The molecule has 3 heterocycles. The monoisotopic (exact) mass is 342 g/mol. The van der Waals surface area contributed by atoms with Gasteiger partial charge in [0.1, 0.15) is 0 Å². The van der Waals surface area contributed by atoms with E-state index in [9.17, 15) is 0 Å². The maximum absolute atomic E-state index is 5.66. The van der Waals surface area contributed by atoms with E-state index in [1.807, 2.05) is 18.3 Å². The lowest BCUT2D eigenvalue weighted by molar-refractivity contribution is 0.268. The molecule has 5 heteroatoms.